The SMILES string of the molecule is Cc1[nH]nc2c1[C@@H](c1cccnc1)N(c1ccc(Br)cc1)C2=O. The highest BCUT2D eigenvalue weighted by Gasteiger charge is 2.42. The number of nitrogens with one attached hydrogen (secondary N) is 1. The zero-order chi connectivity index (χ0) is 16.0. The van der Waals surface area contributed by atoms with Crippen LogP contribution < -0.4 is 4.90 Å². The summed E-state index contributed by atoms with van der Waals surface area (Å²) in [5.74, 6) is -0.0967. The fourth-order valence-corrected chi connectivity index (χ4v) is 3.28. The Labute approximate surface area is 141 Å². The summed E-state index contributed by atoms with van der Waals surface area (Å²) in [6.45, 7) is 1.94. The molecule has 2 aromatic heterocycles. The van der Waals surface area contributed by atoms with Crippen molar-refractivity contribution in [2.24, 2.45) is 0 Å². The first kappa shape index (κ1) is 14.1. The highest BCUT2D eigenvalue weighted by atomic mass is 79.9. The molecule has 0 unspecified atom stereocenters. The summed E-state index contributed by atoms with van der Waals surface area (Å²) in [5.41, 5.74) is 4.11. The summed E-state index contributed by atoms with van der Waals surface area (Å²) in [4.78, 5) is 18.9. The minimum absolute atomic E-state index is 0.0967. The number of H-pyrrole nitrogens is 1. The van der Waals surface area contributed by atoms with Gasteiger partial charge in [-0.2, -0.15) is 5.10 Å². The fourth-order valence-electron chi connectivity index (χ4n) is 3.02. The molecular weight excluding hydrogens is 356 g/mol. The average Bonchev–Trinajstić information content (AvgIpc) is 3.08. The van der Waals surface area contributed by atoms with Crippen molar-refractivity contribution < 1.29 is 4.79 Å². The molecule has 1 aliphatic rings. The van der Waals surface area contributed by atoms with Crippen LogP contribution in [0.1, 0.15) is 33.4 Å². The Morgan fingerprint density at radius 2 is 2.00 bits per heavy atom. The average molecular weight is 369 g/mol. The normalized spacial score (nSPS) is 16.7. The molecule has 0 spiro atoms. The zero-order valence-electron chi connectivity index (χ0n) is 12.3. The predicted octanol–water partition coefficient (Wildman–Crippen LogP) is 3.63. The lowest BCUT2D eigenvalue weighted by atomic mass is 10.0. The Bertz CT molecular complexity index is 873. The molecule has 0 fully saturated rings. The van der Waals surface area contributed by atoms with Gasteiger partial charge in [0.25, 0.3) is 5.91 Å². The fraction of sp³-hybridized carbons (Fsp3) is 0.118. The third kappa shape index (κ3) is 2.17. The van der Waals surface area contributed by atoms with Gasteiger partial charge in [0.05, 0.1) is 6.04 Å². The number of aryl methyl sites for hydroxylation is 1. The number of hydrogen-bond donors (Lipinski definition) is 1. The molecule has 23 heavy (non-hydrogen) atoms. The number of hydrogen-bond acceptors (Lipinski definition) is 3. The molecule has 1 aromatic carbocycles. The Morgan fingerprint density at radius 3 is 2.70 bits per heavy atom. The molecule has 5 nitrogen and oxygen atoms in total. The van der Waals surface area contributed by atoms with Gasteiger partial charge in [-0.15, -0.1) is 0 Å². The maximum atomic E-state index is 12.9. The first-order valence-electron chi connectivity index (χ1n) is 7.20. The quantitative estimate of drug-likeness (QED) is 0.751. The number of benzene rings is 1. The lowest BCUT2D eigenvalue weighted by molar-refractivity contribution is 0.0988. The summed E-state index contributed by atoms with van der Waals surface area (Å²) < 4.78 is 0.973. The molecule has 0 aliphatic carbocycles. The van der Waals surface area contributed by atoms with E-state index in [-0.39, 0.29) is 11.9 Å². The van der Waals surface area contributed by atoms with E-state index < -0.39 is 0 Å². The van der Waals surface area contributed by atoms with Gasteiger partial charge in [-0.3, -0.25) is 19.8 Å². The highest BCUT2D eigenvalue weighted by molar-refractivity contribution is 9.10. The number of carbonyl (C=O) groups is 1. The van der Waals surface area contributed by atoms with Gasteiger partial charge in [0, 0.05) is 33.8 Å². The van der Waals surface area contributed by atoms with Crippen LogP contribution in [0.15, 0.2) is 53.3 Å². The van der Waals surface area contributed by atoms with E-state index >= 15 is 0 Å². The number of halogens is 1. The minimum atomic E-state index is -0.217. The van der Waals surface area contributed by atoms with E-state index in [4.69, 9.17) is 0 Å². The monoisotopic (exact) mass is 368 g/mol. The van der Waals surface area contributed by atoms with E-state index in [9.17, 15) is 4.79 Å². The lowest BCUT2D eigenvalue weighted by Crippen LogP contribution is -2.29. The second-order valence-electron chi connectivity index (χ2n) is 5.45. The molecule has 0 radical (unpaired) electrons. The Morgan fingerprint density at radius 1 is 1.22 bits per heavy atom. The van der Waals surface area contributed by atoms with E-state index in [1.54, 1.807) is 17.3 Å². The highest BCUT2D eigenvalue weighted by Crippen LogP contribution is 2.42. The van der Waals surface area contributed by atoms with Crippen LogP contribution in [-0.4, -0.2) is 21.1 Å². The zero-order valence-corrected chi connectivity index (χ0v) is 13.9. The van der Waals surface area contributed by atoms with E-state index in [2.05, 4.69) is 31.1 Å². The number of carbonyl (C=O) groups excluding carboxylic acids is 1. The standard InChI is InChI=1S/C17H13BrN4O/c1-10-14-15(21-20-10)17(23)22(13-6-4-12(18)5-7-13)16(14)11-3-2-8-19-9-11/h2-9,16H,1H3,(H,20,21)/t16-/m1/s1. The smallest absolute Gasteiger partial charge is 0.280 e. The van der Waals surface area contributed by atoms with Crippen molar-refractivity contribution in [3.63, 3.8) is 0 Å². The van der Waals surface area contributed by atoms with E-state index in [0.29, 0.717) is 5.69 Å². The molecule has 6 heteroatoms. The second-order valence-corrected chi connectivity index (χ2v) is 6.37. The van der Waals surface area contributed by atoms with Crippen LogP contribution in [0, 0.1) is 6.92 Å². The van der Waals surface area contributed by atoms with Crippen LogP contribution in [0.3, 0.4) is 0 Å². The molecule has 1 atom stereocenters. The number of aromatic amines is 1. The summed E-state index contributed by atoms with van der Waals surface area (Å²) in [5, 5.41) is 7.13. The lowest BCUT2D eigenvalue weighted by Gasteiger charge is -2.26. The van der Waals surface area contributed by atoms with Gasteiger partial charge in [0.1, 0.15) is 0 Å². The second kappa shape index (κ2) is 5.31. The van der Waals surface area contributed by atoms with Crippen LogP contribution in [0.4, 0.5) is 5.69 Å². The summed E-state index contributed by atoms with van der Waals surface area (Å²) in [6.07, 6.45) is 3.53. The molecule has 1 aliphatic heterocycles. The van der Waals surface area contributed by atoms with E-state index in [1.807, 2.05) is 43.3 Å². The number of fused-ring (bicyclic) bond motifs is 1. The predicted molar refractivity (Wildman–Crippen MR) is 90.4 cm³/mol. The van der Waals surface area contributed by atoms with Crippen LogP contribution in [0.5, 0.6) is 0 Å². The number of amides is 1. The van der Waals surface area contributed by atoms with Crippen LogP contribution >= 0.6 is 15.9 Å². The maximum absolute atomic E-state index is 12.9. The maximum Gasteiger partial charge on any atom is 0.280 e. The van der Waals surface area contributed by atoms with Crippen LogP contribution in [0.25, 0.3) is 0 Å². The van der Waals surface area contributed by atoms with Gasteiger partial charge in [-0.05, 0) is 42.8 Å². The van der Waals surface area contributed by atoms with Crippen molar-refractivity contribution >= 4 is 27.5 Å². The molecule has 1 amide bonds. The van der Waals surface area contributed by atoms with Gasteiger partial charge in [0.15, 0.2) is 5.69 Å². The third-order valence-electron chi connectivity index (χ3n) is 4.05. The van der Waals surface area contributed by atoms with Crippen molar-refractivity contribution in [3.05, 3.63) is 75.8 Å². The first-order valence-corrected chi connectivity index (χ1v) is 8.00. The van der Waals surface area contributed by atoms with Gasteiger partial charge >= 0.3 is 0 Å². The molecule has 0 saturated heterocycles. The molecule has 114 valence electrons. The van der Waals surface area contributed by atoms with Gasteiger partial charge in [-0.25, -0.2) is 0 Å². The molecule has 0 saturated carbocycles. The van der Waals surface area contributed by atoms with Crippen LogP contribution in [-0.2, 0) is 0 Å². The van der Waals surface area contributed by atoms with Crippen molar-refractivity contribution in [2.75, 3.05) is 4.90 Å². The Kier molecular flexibility index (Phi) is 3.27. The van der Waals surface area contributed by atoms with Gasteiger partial charge in [0.2, 0.25) is 0 Å². The molecule has 4 rings (SSSR count). The van der Waals surface area contributed by atoms with E-state index in [1.165, 1.54) is 0 Å². The van der Waals surface area contributed by atoms with Crippen molar-refractivity contribution in [2.45, 2.75) is 13.0 Å². The summed E-state index contributed by atoms with van der Waals surface area (Å²) >= 11 is 3.43. The topological polar surface area (TPSA) is 61.9 Å². The molecule has 1 N–H and O–H groups in total. The number of rotatable bonds is 2. The minimum Gasteiger partial charge on any atom is -0.295 e. The summed E-state index contributed by atoms with van der Waals surface area (Å²) in [7, 11) is 0. The van der Waals surface area contributed by atoms with Crippen molar-refractivity contribution in [1.29, 1.82) is 0 Å². The number of nitrogens with zero attached hydrogens (tertiary/aromatic N) is 3. The number of aromatic nitrogens is 3. The van der Waals surface area contributed by atoms with E-state index in [0.717, 1.165) is 27.0 Å². The van der Waals surface area contributed by atoms with Crippen molar-refractivity contribution in [3.8, 4) is 0 Å². The molecule has 3 aromatic rings. The van der Waals surface area contributed by atoms with Gasteiger partial charge in [-0.1, -0.05) is 22.0 Å². The molecular formula is C17H13BrN4O. The van der Waals surface area contributed by atoms with Crippen molar-refractivity contribution in [1.82, 2.24) is 15.2 Å². The molecule has 3 heterocycles. The Balaban J connectivity index is 1.91. The van der Waals surface area contributed by atoms with Gasteiger partial charge < -0.3 is 0 Å². The molecule has 0 bridgehead atoms. The number of anilines is 1. The largest absolute Gasteiger partial charge is 0.295 e. The number of pyridine rings is 1. The van der Waals surface area contributed by atoms with Crippen LogP contribution in [0.2, 0.25) is 0 Å². The first-order chi connectivity index (χ1) is 11.2. The third-order valence-corrected chi connectivity index (χ3v) is 4.58. The summed E-state index contributed by atoms with van der Waals surface area (Å²) in [6, 6.07) is 11.4. The Hall–Kier alpha value is -2.47.